The second-order valence-electron chi connectivity index (χ2n) is 5.75. The smallest absolute Gasteiger partial charge is 0.212 e. The van der Waals surface area contributed by atoms with Gasteiger partial charge in [-0.3, -0.25) is 0 Å². The van der Waals surface area contributed by atoms with Gasteiger partial charge in [0.1, 0.15) is 18.7 Å². The van der Waals surface area contributed by atoms with Crippen LogP contribution in [0.3, 0.4) is 0 Å². The number of nitrogens with zero attached hydrogens (tertiary/aromatic N) is 2. The van der Waals surface area contributed by atoms with Crippen molar-refractivity contribution in [3.8, 4) is 0 Å². The van der Waals surface area contributed by atoms with Crippen LogP contribution in [0.2, 0.25) is 0 Å². The second kappa shape index (κ2) is 5.60. The van der Waals surface area contributed by atoms with Crippen LogP contribution in [0.25, 0.3) is 17.0 Å². The van der Waals surface area contributed by atoms with Crippen LogP contribution in [0.4, 0.5) is 14.5 Å². The number of pyridine rings is 1. The molecule has 2 heterocycles. The zero-order valence-electron chi connectivity index (χ0n) is 13.3. The molecule has 1 aliphatic heterocycles. The molecule has 24 heavy (non-hydrogen) atoms. The van der Waals surface area contributed by atoms with Crippen LogP contribution in [-0.4, -0.2) is 7.05 Å². The predicted octanol–water partition coefficient (Wildman–Crippen LogP) is 4.48. The minimum Gasteiger partial charge on any atom is -0.336 e. The average molecular weight is 341 g/mol. The van der Waals surface area contributed by atoms with Gasteiger partial charge in [-0.15, -0.1) is 0 Å². The van der Waals surface area contributed by atoms with Crippen LogP contribution >= 0.6 is 11.8 Å². The van der Waals surface area contributed by atoms with Crippen LogP contribution < -0.4 is 9.47 Å². The summed E-state index contributed by atoms with van der Waals surface area (Å²) in [4.78, 5) is 2.05. The molecule has 0 saturated carbocycles. The number of thioether (sulfide) groups is 1. The standard InChI is InChI=1S/C19H15F2N2S/c1-22-10-9-12(13-5-3-4-6-16(13)22)11-17-23(2)18-14(20)7-8-15(21)19(18)24-17/h3-11H,1-2H3/q+1. The van der Waals surface area contributed by atoms with Crippen molar-refractivity contribution in [1.82, 2.24) is 0 Å². The molecule has 2 nitrogen and oxygen atoms in total. The van der Waals surface area contributed by atoms with E-state index in [1.54, 1.807) is 11.9 Å². The first-order valence-electron chi connectivity index (χ1n) is 7.55. The lowest BCUT2D eigenvalue weighted by molar-refractivity contribution is -0.644. The zero-order valence-corrected chi connectivity index (χ0v) is 14.1. The summed E-state index contributed by atoms with van der Waals surface area (Å²) < 4.78 is 30.2. The van der Waals surface area contributed by atoms with E-state index in [1.165, 1.54) is 23.9 Å². The summed E-state index contributed by atoms with van der Waals surface area (Å²) >= 11 is 1.26. The fraction of sp³-hybridized carbons (Fsp3) is 0.105. The number of anilines is 1. The van der Waals surface area contributed by atoms with Crippen LogP contribution in [-0.2, 0) is 7.05 Å². The van der Waals surface area contributed by atoms with E-state index in [-0.39, 0.29) is 0 Å². The summed E-state index contributed by atoms with van der Waals surface area (Å²) in [6.45, 7) is 0. The third-order valence-electron chi connectivity index (χ3n) is 4.26. The van der Waals surface area contributed by atoms with Crippen molar-refractivity contribution in [2.75, 3.05) is 11.9 Å². The summed E-state index contributed by atoms with van der Waals surface area (Å²) in [5.74, 6) is -0.801. The predicted molar refractivity (Wildman–Crippen MR) is 93.7 cm³/mol. The Labute approximate surface area is 143 Å². The first-order valence-corrected chi connectivity index (χ1v) is 8.36. The summed E-state index contributed by atoms with van der Waals surface area (Å²) in [7, 11) is 3.76. The monoisotopic (exact) mass is 341 g/mol. The number of halogens is 2. The van der Waals surface area contributed by atoms with E-state index in [0.29, 0.717) is 10.6 Å². The summed E-state index contributed by atoms with van der Waals surface area (Å²) in [5.41, 5.74) is 2.43. The maximum absolute atomic E-state index is 14.1. The van der Waals surface area contributed by atoms with Crippen LogP contribution in [0.1, 0.15) is 5.56 Å². The molecule has 4 rings (SSSR count). The van der Waals surface area contributed by atoms with E-state index in [0.717, 1.165) is 21.5 Å². The fourth-order valence-corrected chi connectivity index (χ4v) is 4.11. The molecular weight excluding hydrogens is 326 g/mol. The van der Waals surface area contributed by atoms with Crippen molar-refractivity contribution in [3.05, 3.63) is 70.9 Å². The van der Waals surface area contributed by atoms with Gasteiger partial charge in [0.25, 0.3) is 0 Å². The molecule has 3 aromatic rings. The minimum atomic E-state index is -0.408. The number of benzene rings is 2. The van der Waals surface area contributed by atoms with E-state index < -0.39 is 11.6 Å². The summed E-state index contributed by atoms with van der Waals surface area (Å²) in [6.07, 6.45) is 3.97. The van der Waals surface area contributed by atoms with E-state index >= 15 is 0 Å². The lowest BCUT2D eigenvalue weighted by Gasteiger charge is -2.14. The Morgan fingerprint density at radius 3 is 2.58 bits per heavy atom. The maximum Gasteiger partial charge on any atom is 0.212 e. The van der Waals surface area contributed by atoms with Gasteiger partial charge >= 0.3 is 0 Å². The average Bonchev–Trinajstić information content (AvgIpc) is 2.92. The molecule has 5 heteroatoms. The summed E-state index contributed by atoms with van der Waals surface area (Å²) in [5, 5.41) is 1.90. The molecule has 0 unspecified atom stereocenters. The van der Waals surface area contributed by atoms with Gasteiger partial charge in [0.15, 0.2) is 6.20 Å². The largest absolute Gasteiger partial charge is 0.336 e. The molecule has 0 atom stereocenters. The first kappa shape index (κ1) is 15.1. The van der Waals surface area contributed by atoms with E-state index in [4.69, 9.17) is 0 Å². The Kier molecular flexibility index (Phi) is 3.53. The van der Waals surface area contributed by atoms with Gasteiger partial charge in [0, 0.05) is 19.2 Å². The van der Waals surface area contributed by atoms with Gasteiger partial charge in [-0.1, -0.05) is 23.9 Å². The van der Waals surface area contributed by atoms with Crippen molar-refractivity contribution in [1.29, 1.82) is 0 Å². The SMILES string of the molecule is CN1/C(=C/c2cc[n+](C)c3ccccc23)Sc2c(F)ccc(F)c21. The number of para-hydroxylation sites is 1. The molecule has 1 aromatic heterocycles. The molecule has 0 saturated heterocycles. The first-order chi connectivity index (χ1) is 11.6. The third kappa shape index (κ3) is 2.27. The topological polar surface area (TPSA) is 7.12 Å². The zero-order chi connectivity index (χ0) is 16.8. The van der Waals surface area contributed by atoms with Crippen LogP contribution in [0, 0.1) is 11.6 Å². The molecule has 0 radical (unpaired) electrons. The Hall–Kier alpha value is -2.40. The van der Waals surface area contributed by atoms with E-state index in [2.05, 4.69) is 16.7 Å². The van der Waals surface area contributed by atoms with Crippen LogP contribution in [0.5, 0.6) is 0 Å². The molecule has 0 bridgehead atoms. The van der Waals surface area contributed by atoms with Gasteiger partial charge in [0.2, 0.25) is 5.52 Å². The van der Waals surface area contributed by atoms with Gasteiger partial charge in [-0.05, 0) is 29.8 Å². The molecule has 0 spiro atoms. The number of hydrogen-bond donors (Lipinski definition) is 0. The molecule has 1 aliphatic rings. The van der Waals surface area contributed by atoms with Crippen molar-refractivity contribution in [2.45, 2.75) is 4.90 Å². The van der Waals surface area contributed by atoms with E-state index in [1.807, 2.05) is 37.5 Å². The minimum absolute atomic E-state index is 0.303. The molecule has 0 aliphatic carbocycles. The molecule has 2 aromatic carbocycles. The molecule has 0 fully saturated rings. The third-order valence-corrected chi connectivity index (χ3v) is 5.45. The highest BCUT2D eigenvalue weighted by Gasteiger charge is 2.28. The molecule has 0 N–H and O–H groups in total. The van der Waals surface area contributed by atoms with E-state index in [9.17, 15) is 8.78 Å². The highest BCUT2D eigenvalue weighted by molar-refractivity contribution is 8.03. The van der Waals surface area contributed by atoms with Crippen LogP contribution in [0.15, 0.2) is 58.6 Å². The maximum atomic E-state index is 14.1. The van der Waals surface area contributed by atoms with Gasteiger partial charge in [0.05, 0.1) is 21.0 Å². The lowest BCUT2D eigenvalue weighted by atomic mass is 10.1. The number of rotatable bonds is 1. The Morgan fingerprint density at radius 1 is 1.04 bits per heavy atom. The number of fused-ring (bicyclic) bond motifs is 2. The Balaban J connectivity index is 1.86. The Bertz CT molecular complexity index is 998. The molecule has 120 valence electrons. The van der Waals surface area contributed by atoms with Crippen molar-refractivity contribution in [2.24, 2.45) is 7.05 Å². The van der Waals surface area contributed by atoms with Gasteiger partial charge in [-0.25, -0.2) is 13.3 Å². The number of hydrogen-bond acceptors (Lipinski definition) is 2. The fourth-order valence-electron chi connectivity index (χ4n) is 2.99. The highest BCUT2D eigenvalue weighted by Crippen LogP contribution is 2.48. The van der Waals surface area contributed by atoms with Crippen molar-refractivity contribution < 1.29 is 13.3 Å². The lowest BCUT2D eigenvalue weighted by Crippen LogP contribution is -2.28. The van der Waals surface area contributed by atoms with Gasteiger partial charge < -0.3 is 4.90 Å². The number of aryl methyl sites for hydroxylation is 1. The van der Waals surface area contributed by atoms with Crippen molar-refractivity contribution in [3.63, 3.8) is 0 Å². The highest BCUT2D eigenvalue weighted by atomic mass is 32.2. The Morgan fingerprint density at radius 2 is 1.79 bits per heavy atom. The number of aromatic nitrogens is 1. The van der Waals surface area contributed by atoms with Crippen molar-refractivity contribution >= 4 is 34.4 Å². The molecular formula is C19H15F2N2S+. The quantitative estimate of drug-likeness (QED) is 0.602. The summed E-state index contributed by atoms with van der Waals surface area (Å²) in [6, 6.07) is 12.5. The second-order valence-corrected chi connectivity index (χ2v) is 6.78. The normalized spacial score (nSPS) is 15.3. The molecule has 0 amide bonds. The van der Waals surface area contributed by atoms with Gasteiger partial charge in [-0.2, -0.15) is 0 Å².